The van der Waals surface area contributed by atoms with Crippen LogP contribution in [0.5, 0.6) is 0 Å². The van der Waals surface area contributed by atoms with E-state index in [1.165, 1.54) is 0 Å². The molecule has 0 aliphatic carbocycles. The summed E-state index contributed by atoms with van der Waals surface area (Å²) < 4.78 is 5.27. The Balaban J connectivity index is 1.89. The van der Waals surface area contributed by atoms with E-state index in [1.807, 2.05) is 21.0 Å². The van der Waals surface area contributed by atoms with Gasteiger partial charge in [-0.2, -0.15) is 0 Å². The number of nitrogens with one attached hydrogen (secondary N) is 2. The van der Waals surface area contributed by atoms with Gasteiger partial charge in [-0.1, -0.05) is 6.07 Å². The lowest BCUT2D eigenvalue weighted by molar-refractivity contribution is 0.0303. The maximum atomic E-state index is 12.5. The van der Waals surface area contributed by atoms with E-state index < -0.39 is 0 Å². The number of morpholine rings is 1. The minimum atomic E-state index is -0.262. The van der Waals surface area contributed by atoms with Gasteiger partial charge in [0.25, 0.3) is 5.91 Å². The molecule has 1 fully saturated rings. The van der Waals surface area contributed by atoms with Crippen molar-refractivity contribution in [2.24, 2.45) is 0 Å². The summed E-state index contributed by atoms with van der Waals surface area (Å²) in [4.78, 5) is 28.5. The van der Waals surface area contributed by atoms with Gasteiger partial charge in [-0.3, -0.25) is 4.79 Å². The molecule has 1 heterocycles. The van der Waals surface area contributed by atoms with Crippen molar-refractivity contribution in [3.8, 4) is 0 Å². The first-order valence-corrected chi connectivity index (χ1v) is 8.65. The summed E-state index contributed by atoms with van der Waals surface area (Å²) >= 11 is 0. The summed E-state index contributed by atoms with van der Waals surface area (Å²) in [5.74, 6) is -0.0355. The highest BCUT2D eigenvalue weighted by atomic mass is 16.5. The predicted octanol–water partition coefficient (Wildman–Crippen LogP) is 1.62. The number of anilines is 1. The molecule has 0 spiro atoms. The van der Waals surface area contributed by atoms with Crippen LogP contribution in [0.4, 0.5) is 10.5 Å². The van der Waals surface area contributed by atoms with Crippen molar-refractivity contribution in [1.29, 1.82) is 0 Å². The Morgan fingerprint density at radius 1 is 1.28 bits per heavy atom. The fourth-order valence-electron chi connectivity index (χ4n) is 2.59. The fraction of sp³-hybridized carbons (Fsp3) is 0.556. The number of amides is 3. The van der Waals surface area contributed by atoms with Gasteiger partial charge in [-0.25, -0.2) is 4.79 Å². The van der Waals surface area contributed by atoms with Gasteiger partial charge in [0.1, 0.15) is 0 Å². The number of hydrogen-bond donors (Lipinski definition) is 2. The molecule has 1 atom stereocenters. The topological polar surface area (TPSA) is 73.9 Å². The largest absolute Gasteiger partial charge is 0.378 e. The second kappa shape index (κ2) is 9.39. The van der Waals surface area contributed by atoms with E-state index in [9.17, 15) is 9.59 Å². The van der Waals surface area contributed by atoms with E-state index in [1.54, 1.807) is 29.2 Å². The van der Waals surface area contributed by atoms with Crippen molar-refractivity contribution in [2.75, 3.05) is 52.3 Å². The standard InChI is InChI=1S/C18H28N4O3/c1-14(7-8-21(2)3)19-18(24)20-16-6-4-5-15(13-16)17(23)22-9-11-25-12-10-22/h4-6,13-14H,7-12H2,1-3H3,(H2,19,20,24)/t14-/m0/s1. The third kappa shape index (κ3) is 6.36. The number of carbonyl (C=O) groups is 2. The molecule has 2 N–H and O–H groups in total. The zero-order valence-corrected chi connectivity index (χ0v) is 15.2. The Kier molecular flexibility index (Phi) is 7.21. The van der Waals surface area contributed by atoms with Crippen LogP contribution in [0.25, 0.3) is 0 Å². The molecule has 1 saturated heterocycles. The first-order chi connectivity index (χ1) is 12.0. The smallest absolute Gasteiger partial charge is 0.319 e. The molecule has 0 aromatic heterocycles. The maximum Gasteiger partial charge on any atom is 0.319 e. The number of hydrogen-bond acceptors (Lipinski definition) is 4. The van der Waals surface area contributed by atoms with Crippen LogP contribution in [0.3, 0.4) is 0 Å². The summed E-state index contributed by atoms with van der Waals surface area (Å²) in [6, 6.07) is 6.84. The van der Waals surface area contributed by atoms with Crippen LogP contribution < -0.4 is 10.6 Å². The van der Waals surface area contributed by atoms with Crippen molar-refractivity contribution in [3.05, 3.63) is 29.8 Å². The van der Waals surface area contributed by atoms with E-state index >= 15 is 0 Å². The van der Waals surface area contributed by atoms with Crippen LogP contribution in [0.1, 0.15) is 23.7 Å². The average molecular weight is 348 g/mol. The Labute approximate surface area is 149 Å². The second-order valence-corrected chi connectivity index (χ2v) is 6.58. The summed E-state index contributed by atoms with van der Waals surface area (Å²) in [5, 5.41) is 5.71. The van der Waals surface area contributed by atoms with E-state index in [0.29, 0.717) is 37.6 Å². The number of nitrogens with zero attached hydrogens (tertiary/aromatic N) is 2. The van der Waals surface area contributed by atoms with E-state index in [-0.39, 0.29) is 18.0 Å². The average Bonchev–Trinajstić information content (AvgIpc) is 2.60. The first kappa shape index (κ1) is 19.2. The van der Waals surface area contributed by atoms with Gasteiger partial charge in [-0.05, 0) is 52.2 Å². The molecule has 0 radical (unpaired) electrons. The number of rotatable bonds is 6. The molecule has 3 amide bonds. The number of urea groups is 1. The normalized spacial score (nSPS) is 15.8. The molecule has 1 aromatic carbocycles. The van der Waals surface area contributed by atoms with Crippen molar-refractivity contribution < 1.29 is 14.3 Å². The molecule has 0 saturated carbocycles. The summed E-state index contributed by atoms with van der Waals surface area (Å²) in [6.07, 6.45) is 0.871. The zero-order valence-electron chi connectivity index (χ0n) is 15.2. The van der Waals surface area contributed by atoms with Gasteiger partial charge >= 0.3 is 6.03 Å². The predicted molar refractivity (Wildman–Crippen MR) is 98.0 cm³/mol. The van der Waals surface area contributed by atoms with Gasteiger partial charge in [0.05, 0.1) is 13.2 Å². The Morgan fingerprint density at radius 2 is 2.00 bits per heavy atom. The molecule has 1 aliphatic rings. The van der Waals surface area contributed by atoms with Crippen LogP contribution in [0, 0.1) is 0 Å². The minimum absolute atomic E-state index is 0.0355. The van der Waals surface area contributed by atoms with Crippen LogP contribution >= 0.6 is 0 Å². The van der Waals surface area contributed by atoms with Crippen molar-refractivity contribution in [2.45, 2.75) is 19.4 Å². The van der Waals surface area contributed by atoms with Gasteiger partial charge in [0.15, 0.2) is 0 Å². The molecule has 7 heteroatoms. The molecular formula is C18H28N4O3. The monoisotopic (exact) mass is 348 g/mol. The molecular weight excluding hydrogens is 320 g/mol. The highest BCUT2D eigenvalue weighted by Crippen LogP contribution is 2.14. The summed E-state index contributed by atoms with van der Waals surface area (Å²) in [6.45, 7) is 5.21. The van der Waals surface area contributed by atoms with E-state index in [0.717, 1.165) is 13.0 Å². The van der Waals surface area contributed by atoms with Gasteiger partial charge < -0.3 is 25.2 Å². The number of carbonyl (C=O) groups excluding carboxylic acids is 2. The molecule has 1 aromatic rings. The Morgan fingerprint density at radius 3 is 2.68 bits per heavy atom. The third-order valence-corrected chi connectivity index (χ3v) is 4.05. The zero-order chi connectivity index (χ0) is 18.2. The van der Waals surface area contributed by atoms with Crippen molar-refractivity contribution in [3.63, 3.8) is 0 Å². The summed E-state index contributed by atoms with van der Waals surface area (Å²) in [5.41, 5.74) is 1.18. The van der Waals surface area contributed by atoms with Crippen LogP contribution in [0.2, 0.25) is 0 Å². The first-order valence-electron chi connectivity index (χ1n) is 8.65. The maximum absolute atomic E-state index is 12.5. The lowest BCUT2D eigenvalue weighted by Crippen LogP contribution is -2.40. The number of ether oxygens (including phenoxy) is 1. The van der Waals surface area contributed by atoms with Crippen molar-refractivity contribution >= 4 is 17.6 Å². The summed E-state index contributed by atoms with van der Waals surface area (Å²) in [7, 11) is 4.01. The molecule has 7 nitrogen and oxygen atoms in total. The van der Waals surface area contributed by atoms with Gasteiger partial charge in [-0.15, -0.1) is 0 Å². The fourth-order valence-corrected chi connectivity index (χ4v) is 2.59. The van der Waals surface area contributed by atoms with Crippen LogP contribution in [0.15, 0.2) is 24.3 Å². The molecule has 2 rings (SSSR count). The molecule has 0 unspecified atom stereocenters. The van der Waals surface area contributed by atoms with Crippen molar-refractivity contribution in [1.82, 2.24) is 15.1 Å². The Hall–Kier alpha value is -2.12. The lowest BCUT2D eigenvalue weighted by atomic mass is 10.1. The van der Waals surface area contributed by atoms with Gasteiger partial charge in [0, 0.05) is 30.4 Å². The van der Waals surface area contributed by atoms with Gasteiger partial charge in [0.2, 0.25) is 0 Å². The van der Waals surface area contributed by atoms with Crippen LogP contribution in [-0.2, 0) is 4.74 Å². The molecule has 1 aliphatic heterocycles. The molecule has 25 heavy (non-hydrogen) atoms. The SMILES string of the molecule is C[C@@H](CCN(C)C)NC(=O)Nc1cccc(C(=O)N2CCOCC2)c1. The quantitative estimate of drug-likeness (QED) is 0.819. The highest BCUT2D eigenvalue weighted by Gasteiger charge is 2.18. The van der Waals surface area contributed by atoms with Crippen LogP contribution in [-0.4, -0.2) is 74.7 Å². The van der Waals surface area contributed by atoms with E-state index in [2.05, 4.69) is 15.5 Å². The molecule has 138 valence electrons. The van der Waals surface area contributed by atoms with E-state index in [4.69, 9.17) is 4.74 Å². The Bertz CT molecular complexity index is 585. The third-order valence-electron chi connectivity index (χ3n) is 4.05. The minimum Gasteiger partial charge on any atom is -0.378 e. The second-order valence-electron chi connectivity index (χ2n) is 6.58. The highest BCUT2D eigenvalue weighted by molar-refractivity contribution is 5.97. The lowest BCUT2D eigenvalue weighted by Gasteiger charge is -2.27. The molecule has 0 bridgehead atoms. The number of benzene rings is 1.